The van der Waals surface area contributed by atoms with Crippen molar-refractivity contribution in [3.05, 3.63) is 27.8 Å². The van der Waals surface area contributed by atoms with Crippen molar-refractivity contribution in [1.29, 1.82) is 0 Å². The van der Waals surface area contributed by atoms with Crippen LogP contribution in [0.15, 0.2) is 17.6 Å². The van der Waals surface area contributed by atoms with Crippen molar-refractivity contribution in [2.75, 3.05) is 11.9 Å². The molecule has 2 N–H and O–H groups in total. The van der Waals surface area contributed by atoms with Gasteiger partial charge >= 0.3 is 5.69 Å². The van der Waals surface area contributed by atoms with E-state index < -0.39 is 11.0 Å². The van der Waals surface area contributed by atoms with Crippen LogP contribution in [0.5, 0.6) is 0 Å². The first-order valence-electron chi connectivity index (χ1n) is 6.09. The lowest BCUT2D eigenvalue weighted by atomic mass is 10.2. The van der Waals surface area contributed by atoms with Crippen LogP contribution in [0.4, 0.5) is 11.4 Å². The number of fused-ring (bicyclic) bond motifs is 1. The van der Waals surface area contributed by atoms with Crippen LogP contribution in [0.2, 0.25) is 0 Å². The molecule has 1 unspecified atom stereocenters. The monoisotopic (exact) mass is 279 g/mol. The lowest BCUT2D eigenvalue weighted by molar-refractivity contribution is -0.382. The molecule has 100 valence electrons. The molecule has 1 aromatic heterocycles. The molecule has 1 aliphatic carbocycles. The second-order valence-corrected chi connectivity index (χ2v) is 5.59. The zero-order chi connectivity index (χ0) is 13.4. The first-order chi connectivity index (χ1) is 9.16. The normalized spacial score (nSPS) is 16.5. The molecule has 0 aliphatic heterocycles. The van der Waals surface area contributed by atoms with Gasteiger partial charge in [0.05, 0.1) is 21.2 Å². The van der Waals surface area contributed by atoms with Crippen molar-refractivity contribution in [1.82, 2.24) is 4.98 Å². The van der Waals surface area contributed by atoms with Gasteiger partial charge in [0.1, 0.15) is 5.69 Å². The Balaban J connectivity index is 1.88. The summed E-state index contributed by atoms with van der Waals surface area (Å²) >= 11 is 1.37. The molecule has 3 rings (SSSR count). The smallest absolute Gasteiger partial charge is 0.319 e. The van der Waals surface area contributed by atoms with Crippen LogP contribution in [-0.4, -0.2) is 27.7 Å². The Morgan fingerprint density at radius 2 is 2.37 bits per heavy atom. The molecule has 1 heterocycles. The van der Waals surface area contributed by atoms with Crippen LogP contribution < -0.4 is 5.32 Å². The fourth-order valence-electron chi connectivity index (χ4n) is 2.11. The molecule has 1 fully saturated rings. The molecule has 7 heteroatoms. The Hall–Kier alpha value is -1.73. The number of thiazole rings is 1. The number of aromatic nitrogens is 1. The number of nitrogens with one attached hydrogen (secondary N) is 1. The summed E-state index contributed by atoms with van der Waals surface area (Å²) in [6.07, 6.45) is 1.64. The van der Waals surface area contributed by atoms with Gasteiger partial charge in [-0.2, -0.15) is 0 Å². The SMILES string of the molecule is O=[N+]([O-])c1c(NCC(O)C2CC2)ccc2scnc12. The van der Waals surface area contributed by atoms with E-state index >= 15 is 0 Å². The first kappa shape index (κ1) is 12.3. The second kappa shape index (κ2) is 4.75. The molecule has 1 atom stereocenters. The van der Waals surface area contributed by atoms with Crippen LogP contribution in [0.3, 0.4) is 0 Å². The Morgan fingerprint density at radius 3 is 3.05 bits per heavy atom. The molecule has 0 saturated heterocycles. The first-order valence-corrected chi connectivity index (χ1v) is 6.97. The van der Waals surface area contributed by atoms with E-state index in [1.165, 1.54) is 11.3 Å². The number of hydrogen-bond acceptors (Lipinski definition) is 6. The van der Waals surface area contributed by atoms with Gasteiger partial charge in [-0.1, -0.05) is 0 Å². The van der Waals surface area contributed by atoms with E-state index in [4.69, 9.17) is 0 Å². The van der Waals surface area contributed by atoms with Gasteiger partial charge in [0.15, 0.2) is 5.52 Å². The summed E-state index contributed by atoms with van der Waals surface area (Å²) in [6.45, 7) is 0.334. The lowest BCUT2D eigenvalue weighted by Crippen LogP contribution is -2.21. The van der Waals surface area contributed by atoms with Crippen LogP contribution >= 0.6 is 11.3 Å². The van der Waals surface area contributed by atoms with Crippen molar-refractivity contribution in [3.8, 4) is 0 Å². The highest BCUT2D eigenvalue weighted by molar-refractivity contribution is 7.16. The van der Waals surface area contributed by atoms with Crippen molar-refractivity contribution >= 4 is 32.9 Å². The summed E-state index contributed by atoms with van der Waals surface area (Å²) in [4.78, 5) is 14.8. The maximum absolute atomic E-state index is 11.2. The van der Waals surface area contributed by atoms with Gasteiger partial charge in [-0.15, -0.1) is 11.3 Å². The predicted octanol–water partition coefficient (Wildman–Crippen LogP) is 2.39. The van der Waals surface area contributed by atoms with Crippen LogP contribution in [0.25, 0.3) is 10.2 Å². The summed E-state index contributed by atoms with van der Waals surface area (Å²) in [7, 11) is 0. The predicted molar refractivity (Wildman–Crippen MR) is 73.5 cm³/mol. The van der Waals surface area contributed by atoms with Crippen LogP contribution in [0, 0.1) is 16.0 Å². The van der Waals surface area contributed by atoms with Crippen molar-refractivity contribution in [2.45, 2.75) is 18.9 Å². The average Bonchev–Trinajstić information content (AvgIpc) is 3.13. The minimum Gasteiger partial charge on any atom is -0.391 e. The number of nitrogens with zero attached hydrogens (tertiary/aromatic N) is 2. The molecular formula is C12H13N3O3S. The molecule has 1 aromatic carbocycles. The highest BCUT2D eigenvalue weighted by Crippen LogP contribution is 2.36. The van der Waals surface area contributed by atoms with Crippen molar-refractivity contribution in [3.63, 3.8) is 0 Å². The van der Waals surface area contributed by atoms with E-state index in [0.29, 0.717) is 23.7 Å². The van der Waals surface area contributed by atoms with E-state index in [9.17, 15) is 15.2 Å². The minimum absolute atomic E-state index is 0.0123. The molecule has 0 radical (unpaired) electrons. The van der Waals surface area contributed by atoms with Gasteiger partial charge in [-0.25, -0.2) is 4.98 Å². The van der Waals surface area contributed by atoms with E-state index in [0.717, 1.165) is 17.5 Å². The van der Waals surface area contributed by atoms with Crippen molar-refractivity contribution < 1.29 is 10.0 Å². The molecule has 0 amide bonds. The number of rotatable bonds is 5. The molecule has 0 spiro atoms. The summed E-state index contributed by atoms with van der Waals surface area (Å²) in [6, 6.07) is 3.49. The van der Waals surface area contributed by atoms with Gasteiger partial charge in [0.2, 0.25) is 0 Å². The number of benzene rings is 1. The molecule has 1 aliphatic rings. The highest BCUT2D eigenvalue weighted by atomic mass is 32.1. The fraction of sp³-hybridized carbons (Fsp3) is 0.417. The van der Waals surface area contributed by atoms with E-state index in [1.54, 1.807) is 11.6 Å². The average molecular weight is 279 g/mol. The Labute approximate surface area is 113 Å². The lowest BCUT2D eigenvalue weighted by Gasteiger charge is -2.12. The van der Waals surface area contributed by atoms with Gasteiger partial charge in [-0.05, 0) is 30.9 Å². The summed E-state index contributed by atoms with van der Waals surface area (Å²) < 4.78 is 0.792. The maximum atomic E-state index is 11.2. The van der Waals surface area contributed by atoms with Crippen LogP contribution in [-0.2, 0) is 0 Å². The molecule has 19 heavy (non-hydrogen) atoms. The van der Waals surface area contributed by atoms with E-state index in [2.05, 4.69) is 10.3 Å². The minimum atomic E-state index is -0.439. The number of nitro groups is 1. The number of nitro benzene ring substituents is 1. The molecule has 6 nitrogen and oxygen atoms in total. The zero-order valence-electron chi connectivity index (χ0n) is 10.1. The highest BCUT2D eigenvalue weighted by Gasteiger charge is 2.30. The second-order valence-electron chi connectivity index (χ2n) is 4.70. The van der Waals surface area contributed by atoms with Gasteiger partial charge < -0.3 is 10.4 Å². The van der Waals surface area contributed by atoms with Crippen molar-refractivity contribution in [2.24, 2.45) is 5.92 Å². The standard InChI is InChI=1S/C12H13N3O3S/c16-9(7-1-2-7)5-13-8-3-4-10-11(14-6-19-10)12(8)15(17)18/h3-4,6-7,9,13,16H,1-2,5H2. The van der Waals surface area contributed by atoms with Crippen LogP contribution in [0.1, 0.15) is 12.8 Å². The van der Waals surface area contributed by atoms with E-state index in [-0.39, 0.29) is 5.69 Å². The Bertz CT molecular complexity index is 624. The van der Waals surface area contributed by atoms with Gasteiger partial charge in [0, 0.05) is 6.54 Å². The zero-order valence-corrected chi connectivity index (χ0v) is 10.9. The summed E-state index contributed by atoms with van der Waals surface area (Å²) in [5.74, 6) is 0.342. The largest absolute Gasteiger partial charge is 0.391 e. The Kier molecular flexibility index (Phi) is 3.08. The van der Waals surface area contributed by atoms with Gasteiger partial charge in [0.25, 0.3) is 0 Å². The topological polar surface area (TPSA) is 88.3 Å². The molecule has 1 saturated carbocycles. The third-order valence-electron chi connectivity index (χ3n) is 3.33. The molecule has 0 bridgehead atoms. The fourth-order valence-corrected chi connectivity index (χ4v) is 2.79. The number of anilines is 1. The molecular weight excluding hydrogens is 266 g/mol. The number of aliphatic hydroxyl groups excluding tert-OH is 1. The van der Waals surface area contributed by atoms with E-state index in [1.807, 2.05) is 6.07 Å². The summed E-state index contributed by atoms with van der Waals surface area (Å²) in [5, 5.41) is 24.0. The third-order valence-corrected chi connectivity index (χ3v) is 4.12. The number of aliphatic hydroxyl groups is 1. The Morgan fingerprint density at radius 1 is 1.58 bits per heavy atom. The third kappa shape index (κ3) is 2.39. The quantitative estimate of drug-likeness (QED) is 0.648. The maximum Gasteiger partial charge on any atom is 0.319 e. The van der Waals surface area contributed by atoms with Gasteiger partial charge in [-0.3, -0.25) is 10.1 Å². The summed E-state index contributed by atoms with van der Waals surface area (Å²) in [5.41, 5.74) is 2.41. The number of hydrogen-bond donors (Lipinski definition) is 2. The molecule has 2 aromatic rings.